The van der Waals surface area contributed by atoms with E-state index in [-0.39, 0.29) is 0 Å². The van der Waals surface area contributed by atoms with E-state index in [9.17, 15) is 0 Å². The fraction of sp³-hybridized carbons (Fsp3) is 0.0278. The molecule has 1 aromatic heterocycles. The van der Waals surface area contributed by atoms with Crippen molar-refractivity contribution in [3.63, 3.8) is 0 Å². The average Bonchev–Trinajstić information content (AvgIpc) is 3.56. The molecule has 0 saturated carbocycles. The number of nitrogens with zero attached hydrogens (tertiary/aromatic N) is 2. The molecular formula is C36H31BN2Si. The summed E-state index contributed by atoms with van der Waals surface area (Å²) >= 11 is 0. The van der Waals surface area contributed by atoms with Gasteiger partial charge in [-0.2, -0.15) is 0 Å². The van der Waals surface area contributed by atoms with Gasteiger partial charge in [0.05, 0.1) is 6.33 Å². The Morgan fingerprint density at radius 2 is 0.950 bits per heavy atom. The molecule has 2 radical (unpaired) electrons. The molecule has 192 valence electrons. The minimum Gasteiger partial charge on any atom is -0.339 e. The van der Waals surface area contributed by atoms with Gasteiger partial charge in [0.2, 0.25) is 0 Å². The predicted octanol–water partition coefficient (Wildman–Crippen LogP) is 5.84. The molecule has 0 spiro atoms. The van der Waals surface area contributed by atoms with E-state index in [1.54, 1.807) is 5.98 Å². The molecule has 0 unspecified atom stereocenters. The molecular weight excluding hydrogens is 499 g/mol. The molecule has 6 aromatic rings. The number of hydrogen-bond donors (Lipinski definition) is 0. The Balaban J connectivity index is 0.000000184. The minimum absolute atomic E-state index is 0.936. The molecule has 0 aliphatic carbocycles. The molecule has 1 heterocycles. The molecule has 0 atom stereocenters. The lowest BCUT2D eigenvalue weighted by atomic mass is 9.92. The van der Waals surface area contributed by atoms with Crippen LogP contribution in [0.4, 0.5) is 0 Å². The molecule has 6 rings (SSSR count). The summed E-state index contributed by atoms with van der Waals surface area (Å²) < 4.78 is 2.22. The normalized spacial score (nSPS) is 10.7. The van der Waals surface area contributed by atoms with Crippen LogP contribution >= 0.6 is 0 Å². The maximum Gasteiger partial charge on any atom is 0.168 e. The van der Waals surface area contributed by atoms with Gasteiger partial charge in [0.15, 0.2) is 8.07 Å². The Morgan fingerprint density at radius 1 is 0.575 bits per heavy atom. The molecule has 40 heavy (non-hydrogen) atoms. The second-order valence-electron chi connectivity index (χ2n) is 9.55. The van der Waals surface area contributed by atoms with Gasteiger partial charge in [-0.25, -0.2) is 4.98 Å². The highest BCUT2D eigenvalue weighted by molar-refractivity contribution is 7.10. The van der Waals surface area contributed by atoms with E-state index in [1.807, 2.05) is 48.9 Å². The van der Waals surface area contributed by atoms with Gasteiger partial charge in [-0.1, -0.05) is 152 Å². The molecule has 0 fully saturated rings. The third-order valence-electron chi connectivity index (χ3n) is 7.11. The first-order chi connectivity index (χ1) is 19.8. The number of benzene rings is 5. The zero-order valence-corrected chi connectivity index (χ0v) is 23.4. The van der Waals surface area contributed by atoms with Crippen molar-refractivity contribution in [2.75, 3.05) is 0 Å². The van der Waals surface area contributed by atoms with Crippen LogP contribution in [-0.2, 0) is 6.17 Å². The lowest BCUT2D eigenvalue weighted by Gasteiger charge is -2.34. The van der Waals surface area contributed by atoms with Crippen LogP contribution in [0.15, 0.2) is 176 Å². The van der Waals surface area contributed by atoms with Crippen LogP contribution in [0.1, 0.15) is 11.1 Å². The van der Waals surface area contributed by atoms with E-state index in [0.29, 0.717) is 0 Å². The first-order valence-electron chi connectivity index (χ1n) is 13.5. The summed E-state index contributed by atoms with van der Waals surface area (Å²) in [5.41, 5.74) is 3.36. The fourth-order valence-corrected chi connectivity index (χ4v) is 9.76. The SMILES string of the molecule is [B]C=C(c1ccccc1)c1ccccc1.c1ccc([Si](Cn2ccnc2)(c2ccccc2)c2ccccc2)cc1. The quantitative estimate of drug-likeness (QED) is 0.187. The summed E-state index contributed by atoms with van der Waals surface area (Å²) in [6, 6.07) is 53.2. The van der Waals surface area contributed by atoms with Crippen LogP contribution in [0.3, 0.4) is 0 Å². The van der Waals surface area contributed by atoms with Crippen LogP contribution in [0.25, 0.3) is 5.57 Å². The van der Waals surface area contributed by atoms with Gasteiger partial charge in [0.1, 0.15) is 7.85 Å². The molecule has 0 aliphatic rings. The zero-order valence-electron chi connectivity index (χ0n) is 22.4. The number of imidazole rings is 1. The van der Waals surface area contributed by atoms with Crippen LogP contribution in [0.2, 0.25) is 0 Å². The largest absolute Gasteiger partial charge is 0.339 e. The molecule has 4 heteroatoms. The highest BCUT2D eigenvalue weighted by Gasteiger charge is 2.39. The molecule has 0 aliphatic heterocycles. The Bertz CT molecular complexity index is 1450. The predicted molar refractivity (Wildman–Crippen MR) is 172 cm³/mol. The molecule has 2 nitrogen and oxygen atoms in total. The highest BCUT2D eigenvalue weighted by atomic mass is 28.3. The van der Waals surface area contributed by atoms with E-state index in [2.05, 4.69) is 131 Å². The van der Waals surface area contributed by atoms with E-state index in [1.165, 1.54) is 15.6 Å². The Labute approximate surface area is 239 Å². The number of aromatic nitrogens is 2. The van der Waals surface area contributed by atoms with Gasteiger partial charge < -0.3 is 4.57 Å². The fourth-order valence-electron chi connectivity index (χ4n) is 5.19. The molecule has 0 saturated heterocycles. The summed E-state index contributed by atoms with van der Waals surface area (Å²) in [5.74, 6) is 1.66. The van der Waals surface area contributed by atoms with Crippen LogP contribution in [0.5, 0.6) is 0 Å². The molecule has 5 aromatic carbocycles. The third kappa shape index (κ3) is 6.14. The lowest BCUT2D eigenvalue weighted by Crippen LogP contribution is -2.69. The standard InChI is InChI=1S/C22H20N2Si.C14H11B/c1-4-10-20(11-5-1)25(19-24-17-16-23-18-24,21-12-6-2-7-13-21)22-14-8-3-9-15-22;15-11-14(12-7-3-1-4-8-12)13-9-5-2-6-10-13/h1-18H,19H2;1-11H. The van der Waals surface area contributed by atoms with E-state index in [0.717, 1.165) is 22.9 Å². The molecule has 0 bridgehead atoms. The van der Waals surface area contributed by atoms with Crippen LogP contribution in [0, 0.1) is 0 Å². The van der Waals surface area contributed by atoms with Gasteiger partial charge >= 0.3 is 0 Å². The van der Waals surface area contributed by atoms with Crippen molar-refractivity contribution in [3.8, 4) is 0 Å². The summed E-state index contributed by atoms with van der Waals surface area (Å²) in [6.45, 7) is 0. The van der Waals surface area contributed by atoms with Crippen LogP contribution < -0.4 is 15.6 Å². The van der Waals surface area contributed by atoms with Crippen molar-refractivity contribution in [1.82, 2.24) is 9.55 Å². The second-order valence-corrected chi connectivity index (χ2v) is 13.4. The monoisotopic (exact) mass is 530 g/mol. The topological polar surface area (TPSA) is 17.8 Å². The van der Waals surface area contributed by atoms with Crippen molar-refractivity contribution in [1.29, 1.82) is 0 Å². The Kier molecular flexibility index (Phi) is 9.03. The third-order valence-corrected chi connectivity index (χ3v) is 11.9. The minimum atomic E-state index is -2.21. The number of hydrogen-bond acceptors (Lipinski definition) is 1. The van der Waals surface area contributed by atoms with Crippen molar-refractivity contribution >= 4 is 37.1 Å². The summed E-state index contributed by atoms with van der Waals surface area (Å²) in [5, 5.41) is 4.25. The van der Waals surface area contributed by atoms with E-state index >= 15 is 0 Å². The molecule has 0 N–H and O–H groups in total. The smallest absolute Gasteiger partial charge is 0.168 e. The van der Waals surface area contributed by atoms with Crippen molar-refractivity contribution in [3.05, 3.63) is 187 Å². The summed E-state index contributed by atoms with van der Waals surface area (Å²) in [7, 11) is 3.47. The maximum absolute atomic E-state index is 5.67. The van der Waals surface area contributed by atoms with Gasteiger partial charge in [-0.15, -0.1) is 5.98 Å². The lowest BCUT2D eigenvalue weighted by molar-refractivity contribution is 0.862. The van der Waals surface area contributed by atoms with Gasteiger partial charge in [0.25, 0.3) is 0 Å². The van der Waals surface area contributed by atoms with Crippen molar-refractivity contribution < 1.29 is 0 Å². The molecule has 0 amide bonds. The van der Waals surface area contributed by atoms with Crippen LogP contribution in [-0.4, -0.2) is 25.5 Å². The Morgan fingerprint density at radius 3 is 1.27 bits per heavy atom. The average molecular weight is 531 g/mol. The van der Waals surface area contributed by atoms with Crippen molar-refractivity contribution in [2.45, 2.75) is 6.17 Å². The Hall–Kier alpha value is -4.67. The second kappa shape index (κ2) is 13.4. The maximum atomic E-state index is 5.67. The van der Waals surface area contributed by atoms with Gasteiger partial charge in [-0.05, 0) is 32.3 Å². The summed E-state index contributed by atoms with van der Waals surface area (Å²) in [4.78, 5) is 4.27. The zero-order chi connectivity index (χ0) is 27.5. The van der Waals surface area contributed by atoms with E-state index in [4.69, 9.17) is 7.85 Å². The first-order valence-corrected chi connectivity index (χ1v) is 15.7. The van der Waals surface area contributed by atoms with Crippen molar-refractivity contribution in [2.24, 2.45) is 0 Å². The number of rotatable bonds is 7. The van der Waals surface area contributed by atoms with Gasteiger partial charge in [0, 0.05) is 18.6 Å². The first kappa shape index (κ1) is 26.9. The highest BCUT2D eigenvalue weighted by Crippen LogP contribution is 2.21. The summed E-state index contributed by atoms with van der Waals surface area (Å²) in [6.07, 6.45) is 6.79. The van der Waals surface area contributed by atoms with E-state index < -0.39 is 8.07 Å². The van der Waals surface area contributed by atoms with Gasteiger partial charge in [-0.3, -0.25) is 0 Å².